The fraction of sp³-hybridized carbons (Fsp3) is 0.273. The van der Waals surface area contributed by atoms with E-state index in [1.165, 1.54) is 7.11 Å². The fourth-order valence-corrected chi connectivity index (χ4v) is 4.22. The summed E-state index contributed by atoms with van der Waals surface area (Å²) in [6, 6.07) is 8.73. The molecule has 2 aliphatic heterocycles. The molecule has 8 nitrogen and oxygen atoms in total. The van der Waals surface area contributed by atoms with Crippen molar-refractivity contribution in [1.29, 1.82) is 0 Å². The van der Waals surface area contributed by atoms with E-state index in [9.17, 15) is 18.0 Å². The molecular formula is C22H18ClF3N4O4. The number of fused-ring (bicyclic) bond motifs is 2. The average molecular weight is 495 g/mol. The van der Waals surface area contributed by atoms with Crippen LogP contribution in [0.5, 0.6) is 17.2 Å². The molecule has 2 aliphatic rings. The van der Waals surface area contributed by atoms with Gasteiger partial charge in [0.15, 0.2) is 23.2 Å². The number of methoxy groups -OCH3 is 1. The molecule has 0 radical (unpaired) electrons. The van der Waals surface area contributed by atoms with Crippen molar-refractivity contribution in [3.05, 3.63) is 58.7 Å². The number of alkyl halides is 3. The van der Waals surface area contributed by atoms with Gasteiger partial charge in [0.2, 0.25) is 6.79 Å². The lowest BCUT2D eigenvalue weighted by Crippen LogP contribution is -2.35. The lowest BCUT2D eigenvalue weighted by Gasteiger charge is -2.33. The van der Waals surface area contributed by atoms with E-state index in [0.717, 1.165) is 4.68 Å². The number of ether oxygens (including phenoxy) is 3. The molecule has 0 spiro atoms. The third kappa shape index (κ3) is 3.96. The van der Waals surface area contributed by atoms with Crippen molar-refractivity contribution < 1.29 is 32.2 Å². The molecule has 0 fully saturated rings. The highest BCUT2D eigenvalue weighted by Crippen LogP contribution is 2.46. The summed E-state index contributed by atoms with van der Waals surface area (Å²) >= 11 is 6.37. The number of hydrogen-bond donors (Lipinski definition) is 2. The second-order valence-corrected chi connectivity index (χ2v) is 8.12. The van der Waals surface area contributed by atoms with Crippen LogP contribution in [0.2, 0.25) is 5.02 Å². The van der Waals surface area contributed by atoms with Crippen molar-refractivity contribution in [2.24, 2.45) is 0 Å². The molecule has 2 aromatic carbocycles. The van der Waals surface area contributed by atoms with E-state index in [0.29, 0.717) is 28.5 Å². The van der Waals surface area contributed by atoms with Gasteiger partial charge in [0.25, 0.3) is 5.91 Å². The van der Waals surface area contributed by atoms with E-state index >= 15 is 0 Å². The smallest absolute Gasteiger partial charge is 0.410 e. The SMILES string of the molecule is COc1ccc([C@H]2C[C@H](C(F)(F)F)n3nc(C(=O)Nc4ccc5c(c4)OCO5)c(Cl)c3N2)cc1. The maximum absolute atomic E-state index is 14.0. The summed E-state index contributed by atoms with van der Waals surface area (Å²) in [7, 11) is 1.50. The molecule has 178 valence electrons. The summed E-state index contributed by atoms with van der Waals surface area (Å²) in [5, 5.41) is 9.33. The molecule has 1 aromatic heterocycles. The van der Waals surface area contributed by atoms with Crippen molar-refractivity contribution in [1.82, 2.24) is 9.78 Å². The highest BCUT2D eigenvalue weighted by molar-refractivity contribution is 6.36. The number of rotatable bonds is 4. The van der Waals surface area contributed by atoms with Crippen LogP contribution >= 0.6 is 11.6 Å². The predicted octanol–water partition coefficient (Wildman–Crippen LogP) is 5.19. The number of anilines is 2. The Balaban J connectivity index is 1.46. The average Bonchev–Trinajstić information content (AvgIpc) is 3.42. The monoisotopic (exact) mass is 494 g/mol. The Morgan fingerprint density at radius 2 is 1.94 bits per heavy atom. The van der Waals surface area contributed by atoms with Crippen molar-refractivity contribution in [3.8, 4) is 17.2 Å². The Kier molecular flexibility index (Phi) is 5.43. The molecule has 0 saturated heterocycles. The number of aromatic nitrogens is 2. The summed E-state index contributed by atoms with van der Waals surface area (Å²) in [5.74, 6) is 0.711. The summed E-state index contributed by atoms with van der Waals surface area (Å²) in [6.45, 7) is 0.0617. The van der Waals surface area contributed by atoms with Gasteiger partial charge in [0.05, 0.1) is 13.2 Å². The van der Waals surface area contributed by atoms with Gasteiger partial charge in [0.1, 0.15) is 16.6 Å². The molecule has 12 heteroatoms. The van der Waals surface area contributed by atoms with Crippen molar-refractivity contribution in [2.75, 3.05) is 24.5 Å². The third-order valence-corrected chi connectivity index (χ3v) is 6.02. The first kappa shape index (κ1) is 22.2. The van der Waals surface area contributed by atoms with E-state index in [4.69, 9.17) is 25.8 Å². The third-order valence-electron chi connectivity index (χ3n) is 5.66. The van der Waals surface area contributed by atoms with Crippen LogP contribution in [0.1, 0.15) is 34.6 Å². The molecule has 5 rings (SSSR count). The Hall–Kier alpha value is -3.60. The number of nitrogens with zero attached hydrogens (tertiary/aromatic N) is 2. The molecule has 0 aliphatic carbocycles. The second-order valence-electron chi connectivity index (χ2n) is 7.74. The molecule has 0 saturated carbocycles. The number of amides is 1. The number of carbonyl (C=O) groups is 1. The minimum absolute atomic E-state index is 0.0617. The number of hydrogen-bond acceptors (Lipinski definition) is 6. The summed E-state index contributed by atoms with van der Waals surface area (Å²) in [5.41, 5.74) is 0.643. The van der Waals surface area contributed by atoms with E-state index in [1.807, 2.05) is 0 Å². The maximum Gasteiger partial charge on any atom is 0.410 e. The zero-order valence-electron chi connectivity index (χ0n) is 17.6. The van der Waals surface area contributed by atoms with Crippen LogP contribution in [-0.2, 0) is 0 Å². The Bertz CT molecular complexity index is 1250. The molecule has 1 amide bonds. The van der Waals surface area contributed by atoms with Gasteiger partial charge in [-0.05, 0) is 29.8 Å². The maximum atomic E-state index is 14.0. The van der Waals surface area contributed by atoms with Gasteiger partial charge < -0.3 is 24.8 Å². The van der Waals surface area contributed by atoms with Gasteiger partial charge in [-0.1, -0.05) is 23.7 Å². The van der Waals surface area contributed by atoms with Crippen molar-refractivity contribution >= 4 is 29.0 Å². The molecular weight excluding hydrogens is 477 g/mol. The second kappa shape index (κ2) is 8.32. The lowest BCUT2D eigenvalue weighted by atomic mass is 9.97. The quantitative estimate of drug-likeness (QED) is 0.519. The topological polar surface area (TPSA) is 86.6 Å². The van der Waals surface area contributed by atoms with Gasteiger partial charge in [-0.15, -0.1) is 0 Å². The van der Waals surface area contributed by atoms with Crippen molar-refractivity contribution in [2.45, 2.75) is 24.7 Å². The molecule has 2 N–H and O–H groups in total. The molecule has 3 aromatic rings. The highest BCUT2D eigenvalue weighted by Gasteiger charge is 2.47. The minimum Gasteiger partial charge on any atom is -0.497 e. The lowest BCUT2D eigenvalue weighted by molar-refractivity contribution is -0.173. The van der Waals surface area contributed by atoms with Crippen molar-refractivity contribution in [3.63, 3.8) is 0 Å². The van der Waals surface area contributed by atoms with Gasteiger partial charge in [-0.3, -0.25) is 4.79 Å². The van der Waals surface area contributed by atoms with Gasteiger partial charge >= 0.3 is 6.18 Å². The van der Waals surface area contributed by atoms with Crippen LogP contribution in [0.25, 0.3) is 0 Å². The Morgan fingerprint density at radius 1 is 1.21 bits per heavy atom. The largest absolute Gasteiger partial charge is 0.497 e. The molecule has 3 heterocycles. The molecule has 2 atom stereocenters. The van der Waals surface area contributed by atoms with E-state index in [-0.39, 0.29) is 29.7 Å². The Labute approximate surface area is 196 Å². The minimum atomic E-state index is -4.61. The summed E-state index contributed by atoms with van der Waals surface area (Å²) in [6.07, 6.45) is -4.94. The standard InChI is InChI=1S/C22H18ClF3N4O4/c1-32-13-5-2-11(3-6-13)14-9-17(22(24,25)26)30-20(28-14)18(23)19(29-30)21(31)27-12-4-7-15-16(8-12)34-10-33-15/h2-8,14,17,28H,9-10H2,1H3,(H,27,31)/t14-,17-/m1/s1. The zero-order chi connectivity index (χ0) is 24.0. The van der Waals surface area contributed by atoms with Crippen LogP contribution < -0.4 is 24.8 Å². The van der Waals surface area contributed by atoms with E-state index < -0.39 is 24.2 Å². The predicted molar refractivity (Wildman–Crippen MR) is 117 cm³/mol. The van der Waals surface area contributed by atoms with Crippen LogP contribution in [0.4, 0.5) is 24.7 Å². The zero-order valence-corrected chi connectivity index (χ0v) is 18.4. The molecule has 0 bridgehead atoms. The number of nitrogens with one attached hydrogen (secondary N) is 2. The normalized spacial score (nSPS) is 18.7. The van der Waals surface area contributed by atoms with Gasteiger partial charge in [-0.25, -0.2) is 4.68 Å². The van der Waals surface area contributed by atoms with E-state index in [2.05, 4.69) is 15.7 Å². The summed E-state index contributed by atoms with van der Waals surface area (Å²) < 4.78 is 58.2. The highest BCUT2D eigenvalue weighted by atomic mass is 35.5. The number of halogens is 4. The van der Waals surface area contributed by atoms with Crippen LogP contribution in [0, 0.1) is 0 Å². The first-order valence-electron chi connectivity index (χ1n) is 10.2. The molecule has 34 heavy (non-hydrogen) atoms. The molecule has 0 unspecified atom stereocenters. The fourth-order valence-electron chi connectivity index (χ4n) is 3.95. The Morgan fingerprint density at radius 3 is 2.65 bits per heavy atom. The van der Waals surface area contributed by atoms with Crippen LogP contribution in [-0.4, -0.2) is 35.8 Å². The first-order chi connectivity index (χ1) is 16.2. The van der Waals surface area contributed by atoms with E-state index in [1.54, 1.807) is 42.5 Å². The first-order valence-corrected chi connectivity index (χ1v) is 10.6. The number of carbonyl (C=O) groups excluding carboxylic acids is 1. The van der Waals surface area contributed by atoms with Crippen LogP contribution in [0.3, 0.4) is 0 Å². The van der Waals surface area contributed by atoms with Gasteiger partial charge in [0, 0.05) is 18.2 Å². The van der Waals surface area contributed by atoms with Gasteiger partial charge in [-0.2, -0.15) is 18.3 Å². The summed E-state index contributed by atoms with van der Waals surface area (Å²) in [4.78, 5) is 12.9. The number of benzene rings is 2. The van der Waals surface area contributed by atoms with Crippen LogP contribution in [0.15, 0.2) is 42.5 Å².